The summed E-state index contributed by atoms with van der Waals surface area (Å²) in [4.78, 5) is 9.40. The van der Waals surface area contributed by atoms with Crippen molar-refractivity contribution < 1.29 is 4.74 Å². The minimum atomic E-state index is 0. The smallest absolute Gasteiger partial charge is 0.193 e. The van der Waals surface area contributed by atoms with E-state index in [2.05, 4.69) is 26.4 Å². The summed E-state index contributed by atoms with van der Waals surface area (Å²) in [6.07, 6.45) is 4.59. The molecule has 0 bridgehead atoms. The van der Waals surface area contributed by atoms with Crippen molar-refractivity contribution in [2.24, 2.45) is 4.99 Å². The van der Waals surface area contributed by atoms with Crippen LogP contribution in [0.3, 0.4) is 0 Å². The van der Waals surface area contributed by atoms with Crippen LogP contribution in [0.1, 0.15) is 12.8 Å². The molecule has 2 aliphatic rings. The zero-order chi connectivity index (χ0) is 14.2. The number of nitrogens with zero attached hydrogens (tertiary/aromatic N) is 3. The Bertz CT molecular complexity index is 313. The highest BCUT2D eigenvalue weighted by Gasteiger charge is 2.29. The average molecular weight is 428 g/mol. The third-order valence-electron chi connectivity index (χ3n) is 4.05. The fraction of sp³-hybridized carbons (Fsp3) is 0.929. The molecule has 0 amide bonds. The van der Waals surface area contributed by atoms with Crippen LogP contribution < -0.4 is 5.32 Å². The number of nitrogens with one attached hydrogen (secondary N) is 1. The predicted octanol–water partition coefficient (Wildman–Crippen LogP) is 1.34. The van der Waals surface area contributed by atoms with Crippen LogP contribution >= 0.6 is 35.7 Å². The first-order valence-electron chi connectivity index (χ1n) is 7.61. The summed E-state index contributed by atoms with van der Waals surface area (Å²) < 4.78 is 5.44. The molecule has 2 fully saturated rings. The summed E-state index contributed by atoms with van der Waals surface area (Å²) in [5, 5.41) is 3.49. The van der Waals surface area contributed by atoms with Crippen molar-refractivity contribution >= 4 is 41.7 Å². The highest BCUT2D eigenvalue weighted by molar-refractivity contribution is 14.0. The first kappa shape index (κ1) is 19.3. The molecule has 1 unspecified atom stereocenters. The number of morpholine rings is 1. The summed E-state index contributed by atoms with van der Waals surface area (Å²) in [5.41, 5.74) is 0. The van der Waals surface area contributed by atoms with Gasteiger partial charge >= 0.3 is 0 Å². The summed E-state index contributed by atoms with van der Waals surface area (Å²) in [7, 11) is 1.89. The maximum atomic E-state index is 5.44. The monoisotopic (exact) mass is 428 g/mol. The van der Waals surface area contributed by atoms with Crippen LogP contribution in [0.25, 0.3) is 0 Å². The lowest BCUT2D eigenvalue weighted by molar-refractivity contribution is 0.0195. The predicted molar refractivity (Wildman–Crippen MR) is 102 cm³/mol. The third-order valence-corrected chi connectivity index (χ3v) is 4.74. The number of rotatable bonds is 5. The van der Waals surface area contributed by atoms with Gasteiger partial charge in [-0.3, -0.25) is 9.89 Å². The number of likely N-dealkylation sites (tertiary alicyclic amines) is 1. The van der Waals surface area contributed by atoms with Crippen LogP contribution in [0, 0.1) is 0 Å². The van der Waals surface area contributed by atoms with Gasteiger partial charge in [-0.15, -0.1) is 24.0 Å². The second kappa shape index (κ2) is 10.9. The van der Waals surface area contributed by atoms with Crippen LogP contribution in [-0.2, 0) is 4.74 Å². The van der Waals surface area contributed by atoms with Crippen molar-refractivity contribution in [2.75, 3.05) is 65.0 Å². The molecule has 2 saturated heterocycles. The highest BCUT2D eigenvalue weighted by atomic mass is 127. The quantitative estimate of drug-likeness (QED) is 0.310. The largest absolute Gasteiger partial charge is 0.379 e. The molecule has 0 aromatic heterocycles. The molecule has 2 aliphatic heterocycles. The molecule has 0 aromatic rings. The van der Waals surface area contributed by atoms with E-state index in [1.807, 2.05) is 18.8 Å². The minimum Gasteiger partial charge on any atom is -0.379 e. The van der Waals surface area contributed by atoms with Crippen LogP contribution in [0.15, 0.2) is 4.99 Å². The molecular formula is C14H29IN4OS. The number of thioether (sulfide) groups is 1. The van der Waals surface area contributed by atoms with Crippen molar-refractivity contribution in [1.29, 1.82) is 0 Å². The molecule has 0 saturated carbocycles. The van der Waals surface area contributed by atoms with E-state index in [1.165, 1.54) is 18.6 Å². The lowest BCUT2D eigenvalue weighted by Gasteiger charge is -2.32. The molecule has 1 N–H and O–H groups in total. The van der Waals surface area contributed by atoms with Crippen LogP contribution in [0.2, 0.25) is 0 Å². The second-order valence-corrected chi connectivity index (χ2v) is 6.34. The standard InChI is InChI=1S/C14H28N4OS.HI/c1-15-14(16-5-3-11-20-2)18-6-4-13(12-18)17-7-9-19-10-8-17;/h13H,3-12H2,1-2H3,(H,15,16);1H. The topological polar surface area (TPSA) is 40.1 Å². The van der Waals surface area contributed by atoms with E-state index >= 15 is 0 Å². The Labute approximate surface area is 150 Å². The molecule has 0 radical (unpaired) electrons. The zero-order valence-corrected chi connectivity index (χ0v) is 16.4. The number of guanidine groups is 1. The molecule has 21 heavy (non-hydrogen) atoms. The van der Waals surface area contributed by atoms with Gasteiger partial charge in [0, 0.05) is 45.8 Å². The van der Waals surface area contributed by atoms with E-state index in [0.29, 0.717) is 6.04 Å². The molecule has 0 spiro atoms. The van der Waals surface area contributed by atoms with E-state index in [9.17, 15) is 0 Å². The summed E-state index contributed by atoms with van der Waals surface area (Å²) in [5.74, 6) is 2.28. The fourth-order valence-electron chi connectivity index (χ4n) is 2.92. The zero-order valence-electron chi connectivity index (χ0n) is 13.2. The summed E-state index contributed by atoms with van der Waals surface area (Å²) in [6, 6.07) is 0.670. The summed E-state index contributed by atoms with van der Waals surface area (Å²) in [6.45, 7) is 7.17. The van der Waals surface area contributed by atoms with Gasteiger partial charge in [0.2, 0.25) is 0 Å². The van der Waals surface area contributed by atoms with Gasteiger partial charge in [-0.25, -0.2) is 0 Å². The number of halogens is 1. The van der Waals surface area contributed by atoms with Crippen molar-refractivity contribution in [3.05, 3.63) is 0 Å². The van der Waals surface area contributed by atoms with Gasteiger partial charge in [0.05, 0.1) is 13.2 Å². The molecule has 124 valence electrons. The van der Waals surface area contributed by atoms with Crippen molar-refractivity contribution in [2.45, 2.75) is 18.9 Å². The van der Waals surface area contributed by atoms with Gasteiger partial charge in [0.25, 0.3) is 0 Å². The lowest BCUT2D eigenvalue weighted by atomic mass is 10.2. The molecule has 0 aliphatic carbocycles. The van der Waals surface area contributed by atoms with Crippen LogP contribution in [0.5, 0.6) is 0 Å². The fourth-order valence-corrected chi connectivity index (χ4v) is 3.36. The van der Waals surface area contributed by atoms with Gasteiger partial charge < -0.3 is 15.0 Å². The van der Waals surface area contributed by atoms with Crippen molar-refractivity contribution in [3.63, 3.8) is 0 Å². The second-order valence-electron chi connectivity index (χ2n) is 5.36. The highest BCUT2D eigenvalue weighted by Crippen LogP contribution is 2.16. The lowest BCUT2D eigenvalue weighted by Crippen LogP contribution is -2.46. The van der Waals surface area contributed by atoms with Gasteiger partial charge in [0.1, 0.15) is 0 Å². The molecule has 7 heteroatoms. The van der Waals surface area contributed by atoms with E-state index in [0.717, 1.165) is 51.9 Å². The Hall–Kier alpha value is 0.270. The molecular weight excluding hydrogens is 399 g/mol. The molecule has 0 aromatic carbocycles. The number of aliphatic imine (C=N–C) groups is 1. The minimum absolute atomic E-state index is 0. The van der Waals surface area contributed by atoms with Gasteiger partial charge in [-0.05, 0) is 24.9 Å². The van der Waals surface area contributed by atoms with E-state index in [1.54, 1.807) is 0 Å². The Kier molecular flexibility index (Phi) is 10.0. The van der Waals surface area contributed by atoms with E-state index in [-0.39, 0.29) is 24.0 Å². The molecule has 1 atom stereocenters. The molecule has 2 heterocycles. The number of hydrogen-bond donors (Lipinski definition) is 1. The van der Waals surface area contributed by atoms with Crippen LogP contribution in [-0.4, -0.2) is 86.8 Å². The van der Waals surface area contributed by atoms with Gasteiger partial charge in [-0.1, -0.05) is 0 Å². The van der Waals surface area contributed by atoms with Crippen molar-refractivity contribution in [3.8, 4) is 0 Å². The summed E-state index contributed by atoms with van der Waals surface area (Å²) >= 11 is 1.90. The van der Waals surface area contributed by atoms with Crippen molar-refractivity contribution in [1.82, 2.24) is 15.1 Å². The Morgan fingerprint density at radius 2 is 2.10 bits per heavy atom. The molecule has 5 nitrogen and oxygen atoms in total. The van der Waals surface area contributed by atoms with Gasteiger partial charge in [0.15, 0.2) is 5.96 Å². The SMILES string of the molecule is CN=C(NCCCSC)N1CCC(N2CCOCC2)C1.I. The van der Waals surface area contributed by atoms with Gasteiger partial charge in [-0.2, -0.15) is 11.8 Å². The van der Waals surface area contributed by atoms with Crippen LogP contribution in [0.4, 0.5) is 0 Å². The normalized spacial score (nSPS) is 24.0. The Morgan fingerprint density at radius 3 is 2.76 bits per heavy atom. The Morgan fingerprint density at radius 1 is 1.33 bits per heavy atom. The third kappa shape index (κ3) is 6.11. The number of ether oxygens (including phenoxy) is 1. The Balaban J connectivity index is 0.00000220. The first-order valence-corrected chi connectivity index (χ1v) is 9.01. The molecule has 2 rings (SSSR count). The van der Waals surface area contributed by atoms with E-state index < -0.39 is 0 Å². The maximum Gasteiger partial charge on any atom is 0.193 e. The first-order chi connectivity index (χ1) is 9.85. The maximum absolute atomic E-state index is 5.44. The van der Waals surface area contributed by atoms with E-state index in [4.69, 9.17) is 4.74 Å². The average Bonchev–Trinajstić information content (AvgIpc) is 2.98. The number of hydrogen-bond acceptors (Lipinski definition) is 4.